The van der Waals surface area contributed by atoms with Crippen LogP contribution in [-0.2, 0) is 16.0 Å². The molecule has 0 aliphatic heterocycles. The molecule has 2 aromatic rings. The van der Waals surface area contributed by atoms with Crippen molar-refractivity contribution in [2.24, 2.45) is 46.2 Å². The number of fused-ring (bicyclic) bond motifs is 3. The highest BCUT2D eigenvalue weighted by molar-refractivity contribution is 6.09. The van der Waals surface area contributed by atoms with Gasteiger partial charge in [0.25, 0.3) is 0 Å². The third-order valence-corrected chi connectivity index (χ3v) is 10.8. The van der Waals surface area contributed by atoms with E-state index in [4.69, 9.17) is 5.73 Å². The first-order valence-electron chi connectivity index (χ1n) is 15.9. The van der Waals surface area contributed by atoms with Crippen LogP contribution in [0.3, 0.4) is 0 Å². The van der Waals surface area contributed by atoms with Crippen molar-refractivity contribution >= 4 is 29.2 Å². The van der Waals surface area contributed by atoms with Crippen LogP contribution in [0.4, 0.5) is 10.5 Å². The molecular formula is C35H45N3O8. The van der Waals surface area contributed by atoms with E-state index in [0.29, 0.717) is 29.3 Å². The molecule has 11 nitrogen and oxygen atoms in total. The highest BCUT2D eigenvalue weighted by Gasteiger charge is 2.75. The summed E-state index contributed by atoms with van der Waals surface area (Å²) in [6, 6.07) is 9.86. The van der Waals surface area contributed by atoms with Gasteiger partial charge in [-0.3, -0.25) is 14.4 Å². The Kier molecular flexibility index (Phi) is 8.37. The number of hydrogen-bond acceptors (Lipinski definition) is 8. The number of phenols is 1. The van der Waals surface area contributed by atoms with Gasteiger partial charge in [0, 0.05) is 17.6 Å². The van der Waals surface area contributed by atoms with Gasteiger partial charge in [0.1, 0.15) is 17.8 Å². The third-order valence-electron chi connectivity index (χ3n) is 10.8. The van der Waals surface area contributed by atoms with E-state index < -0.39 is 63.9 Å². The van der Waals surface area contributed by atoms with E-state index >= 15 is 0 Å². The smallest absolute Gasteiger partial charge is 0.319 e. The monoisotopic (exact) mass is 635 g/mol. The van der Waals surface area contributed by atoms with Gasteiger partial charge in [0.05, 0.1) is 17.6 Å². The van der Waals surface area contributed by atoms with Crippen molar-refractivity contribution < 1.29 is 39.6 Å². The van der Waals surface area contributed by atoms with Gasteiger partial charge in [-0.2, -0.15) is 0 Å². The predicted molar refractivity (Wildman–Crippen MR) is 171 cm³/mol. The summed E-state index contributed by atoms with van der Waals surface area (Å²) in [7, 11) is 0. The molecule has 2 aromatic carbocycles. The molecule has 46 heavy (non-hydrogen) atoms. The number of benzene rings is 2. The predicted octanol–water partition coefficient (Wildman–Crippen LogP) is 3.02. The maximum atomic E-state index is 14.3. The van der Waals surface area contributed by atoms with Crippen LogP contribution in [0.1, 0.15) is 63.9 Å². The van der Waals surface area contributed by atoms with E-state index in [1.54, 1.807) is 51.1 Å². The fourth-order valence-corrected chi connectivity index (χ4v) is 9.01. The number of rotatable bonds is 6. The van der Waals surface area contributed by atoms with E-state index in [1.807, 2.05) is 20.8 Å². The van der Waals surface area contributed by atoms with Crippen LogP contribution in [0.15, 0.2) is 36.4 Å². The first-order chi connectivity index (χ1) is 21.4. The summed E-state index contributed by atoms with van der Waals surface area (Å²) in [5.74, 6) is -7.03. The summed E-state index contributed by atoms with van der Waals surface area (Å²) in [5.41, 5.74) is 3.04. The van der Waals surface area contributed by atoms with E-state index in [1.165, 1.54) is 6.07 Å². The molecule has 5 rings (SSSR count). The van der Waals surface area contributed by atoms with Crippen molar-refractivity contribution in [1.82, 2.24) is 5.32 Å². The number of carbonyl (C=O) groups is 4. The van der Waals surface area contributed by atoms with Gasteiger partial charge in [-0.25, -0.2) is 4.79 Å². The molecular weight excluding hydrogens is 590 g/mol. The quantitative estimate of drug-likeness (QED) is 0.235. The number of primary amides is 1. The Hall–Kier alpha value is -3.80. The van der Waals surface area contributed by atoms with Crippen LogP contribution >= 0.6 is 0 Å². The zero-order valence-electron chi connectivity index (χ0n) is 27.1. The largest absolute Gasteiger partial charge is 0.507 e. The van der Waals surface area contributed by atoms with Crippen LogP contribution in [-0.4, -0.2) is 68.3 Å². The molecule has 0 saturated heterocycles. The highest BCUT2D eigenvalue weighted by atomic mass is 16.4. The van der Waals surface area contributed by atoms with Gasteiger partial charge in [0.15, 0.2) is 17.2 Å². The first-order valence-corrected chi connectivity index (χ1v) is 15.9. The topological polar surface area (TPSA) is 199 Å². The number of hydrogen-bond donors (Lipinski definition) is 7. The Balaban J connectivity index is 1.58. The molecule has 2 saturated carbocycles. The Morgan fingerprint density at radius 1 is 1.02 bits per heavy atom. The average molecular weight is 636 g/mol. The lowest BCUT2D eigenvalue weighted by molar-refractivity contribution is -0.265. The minimum Gasteiger partial charge on any atom is -0.507 e. The number of carbonyl (C=O) groups excluding carboxylic acids is 4. The van der Waals surface area contributed by atoms with Crippen LogP contribution in [0.5, 0.6) is 5.75 Å². The summed E-state index contributed by atoms with van der Waals surface area (Å²) in [5, 5.41) is 52.1. The summed E-state index contributed by atoms with van der Waals surface area (Å²) < 4.78 is 0. The first kappa shape index (κ1) is 33.6. The van der Waals surface area contributed by atoms with Crippen molar-refractivity contribution in [2.75, 3.05) is 11.9 Å². The number of aliphatic hydroxyl groups is 3. The Morgan fingerprint density at radius 3 is 2.22 bits per heavy atom. The van der Waals surface area contributed by atoms with E-state index in [9.17, 15) is 39.6 Å². The highest BCUT2D eigenvalue weighted by Crippen LogP contribution is 2.66. The number of urea groups is 1. The fourth-order valence-electron chi connectivity index (χ4n) is 9.01. The van der Waals surface area contributed by atoms with Gasteiger partial charge >= 0.3 is 6.03 Å². The summed E-state index contributed by atoms with van der Waals surface area (Å²) in [4.78, 5) is 52.9. The molecule has 0 bridgehead atoms. The molecule has 11 heteroatoms. The zero-order chi connectivity index (χ0) is 34.1. The van der Waals surface area contributed by atoms with Crippen LogP contribution in [0.25, 0.3) is 11.1 Å². The van der Waals surface area contributed by atoms with Crippen molar-refractivity contribution in [3.63, 3.8) is 0 Å². The Labute approximate surface area is 268 Å². The number of ketones is 2. The maximum absolute atomic E-state index is 14.3. The minimum absolute atomic E-state index is 0.00310. The number of phenolic OH excluding ortho intramolecular Hbond substituents is 1. The summed E-state index contributed by atoms with van der Waals surface area (Å²) in [6.07, 6.45) is -3.16. The van der Waals surface area contributed by atoms with E-state index in [0.717, 1.165) is 5.56 Å². The van der Waals surface area contributed by atoms with Crippen molar-refractivity contribution in [3.8, 4) is 16.9 Å². The molecule has 248 valence electrons. The van der Waals surface area contributed by atoms with Crippen molar-refractivity contribution in [2.45, 2.75) is 72.2 Å². The SMILES string of the molecule is CC(C)CNC(=O)Nc1ccc(-c2ccc(O)c3c2C[C@]2(C)C[C@]4(C)[C@@H](C(C)C)C(O)[C@@H](C(N)=O)C(=O)[C@]4(O)C(O)[C@H]2C3=O)cc1. The lowest BCUT2D eigenvalue weighted by Gasteiger charge is -2.66. The Morgan fingerprint density at radius 2 is 1.65 bits per heavy atom. The van der Waals surface area contributed by atoms with Crippen LogP contribution in [0.2, 0.25) is 0 Å². The molecule has 0 radical (unpaired) electrons. The van der Waals surface area contributed by atoms with E-state index in [2.05, 4.69) is 10.6 Å². The molecule has 8 atom stereocenters. The van der Waals surface area contributed by atoms with E-state index in [-0.39, 0.29) is 36.1 Å². The van der Waals surface area contributed by atoms with Gasteiger partial charge in [-0.05, 0) is 70.9 Å². The Bertz CT molecular complexity index is 1590. The molecule has 3 aliphatic rings. The number of amides is 3. The van der Waals surface area contributed by atoms with Gasteiger partial charge in [0.2, 0.25) is 5.91 Å². The maximum Gasteiger partial charge on any atom is 0.319 e. The number of nitrogens with one attached hydrogen (secondary N) is 2. The number of anilines is 1. The normalized spacial score (nSPS) is 33.7. The molecule has 2 unspecified atom stereocenters. The molecule has 0 heterocycles. The van der Waals surface area contributed by atoms with Crippen LogP contribution < -0.4 is 16.4 Å². The molecule has 3 amide bonds. The second-order valence-electron chi connectivity index (χ2n) is 14.8. The van der Waals surface area contributed by atoms with Crippen LogP contribution in [0, 0.1) is 40.4 Å². The standard InChI is InChI=1S/C35H45N3O8/c1-16(2)14-37-32(45)38-19-9-7-18(8-10-19)20-11-12-22(39)23-21(20)13-33(5)15-34(6)25(17(3)4)28(41)24(31(36)44)29(42)35(34,46)30(43)26(33)27(23)40/h7-12,16-17,24-26,28,30,39,41,43,46H,13-15H2,1-6H3,(H2,36,44)(H2,37,38,45)/t24-,25+,26-,28?,30?,33-,34-,35+/m1/s1. The number of aromatic hydroxyl groups is 1. The van der Waals surface area contributed by atoms with Crippen molar-refractivity contribution in [3.05, 3.63) is 47.5 Å². The summed E-state index contributed by atoms with van der Waals surface area (Å²) in [6.45, 7) is 11.6. The minimum atomic E-state index is -2.56. The molecule has 0 aromatic heterocycles. The lowest BCUT2D eigenvalue weighted by atomic mass is 9.39. The second-order valence-corrected chi connectivity index (χ2v) is 14.8. The molecule has 2 fully saturated rings. The third kappa shape index (κ3) is 4.91. The zero-order valence-corrected chi connectivity index (χ0v) is 27.1. The van der Waals surface area contributed by atoms with Gasteiger partial charge < -0.3 is 36.8 Å². The lowest BCUT2D eigenvalue weighted by Crippen LogP contribution is -2.79. The van der Waals surface area contributed by atoms with Gasteiger partial charge in [-0.15, -0.1) is 0 Å². The van der Waals surface area contributed by atoms with Gasteiger partial charge in [-0.1, -0.05) is 59.7 Å². The summed E-state index contributed by atoms with van der Waals surface area (Å²) >= 11 is 0. The number of aliphatic hydroxyl groups excluding tert-OH is 2. The number of nitrogens with two attached hydrogens (primary N) is 1. The molecule has 3 aliphatic carbocycles. The fraction of sp³-hybridized carbons (Fsp3) is 0.543. The second kappa shape index (κ2) is 11.5. The number of Topliss-reactive ketones (excluding diaryl/α,β-unsaturated/α-hetero) is 2. The van der Waals surface area contributed by atoms with Crippen molar-refractivity contribution in [1.29, 1.82) is 0 Å². The molecule has 0 spiro atoms. The average Bonchev–Trinajstić information content (AvgIpc) is 2.94. The molecule has 8 N–H and O–H groups in total.